The minimum Gasteiger partial charge on any atom is -0.547 e. The maximum atomic E-state index is 12.3. The van der Waals surface area contributed by atoms with Gasteiger partial charge in [-0.05, 0) is 19.1 Å². The van der Waals surface area contributed by atoms with Crippen LogP contribution >= 0.6 is 11.8 Å². The molecular formula is C11H12NO4S2-. The van der Waals surface area contributed by atoms with Gasteiger partial charge in [-0.25, -0.2) is 8.42 Å². The number of benzene rings is 1. The van der Waals surface area contributed by atoms with Gasteiger partial charge in [-0.3, -0.25) is 0 Å². The minimum absolute atomic E-state index is 0.113. The van der Waals surface area contributed by atoms with Crippen LogP contribution in [-0.2, 0) is 14.8 Å². The summed E-state index contributed by atoms with van der Waals surface area (Å²) in [5.74, 6) is -0.905. The molecule has 1 aromatic carbocycles. The van der Waals surface area contributed by atoms with Crippen LogP contribution in [0.15, 0.2) is 29.2 Å². The highest BCUT2D eigenvalue weighted by Crippen LogP contribution is 2.29. The van der Waals surface area contributed by atoms with E-state index in [1.54, 1.807) is 12.1 Å². The Bertz CT molecular complexity index is 553. The maximum Gasteiger partial charge on any atom is 0.244 e. The number of carboxylic acid groups (broad SMARTS) is 1. The fourth-order valence-corrected chi connectivity index (χ4v) is 4.72. The lowest BCUT2D eigenvalue weighted by Crippen LogP contribution is -2.45. The van der Waals surface area contributed by atoms with E-state index in [-0.39, 0.29) is 11.4 Å². The molecule has 0 saturated carbocycles. The largest absolute Gasteiger partial charge is 0.547 e. The quantitative estimate of drug-likeness (QED) is 0.769. The third-order valence-corrected chi connectivity index (χ3v) is 5.87. The number of carbonyl (C=O) groups excluding carboxylic acids is 1. The van der Waals surface area contributed by atoms with Crippen LogP contribution in [0.5, 0.6) is 0 Å². The molecule has 0 spiro atoms. The topological polar surface area (TPSA) is 77.5 Å². The van der Waals surface area contributed by atoms with Crippen LogP contribution in [0.2, 0.25) is 0 Å². The Morgan fingerprint density at radius 2 is 2.00 bits per heavy atom. The molecule has 5 nitrogen and oxygen atoms in total. The third-order valence-electron chi connectivity index (χ3n) is 2.68. The zero-order valence-electron chi connectivity index (χ0n) is 9.70. The van der Waals surface area contributed by atoms with Crippen LogP contribution in [0.4, 0.5) is 0 Å². The number of aryl methyl sites for hydroxylation is 1. The highest BCUT2D eigenvalue weighted by Gasteiger charge is 2.36. The van der Waals surface area contributed by atoms with E-state index in [4.69, 9.17) is 0 Å². The lowest BCUT2D eigenvalue weighted by atomic mass is 10.2. The lowest BCUT2D eigenvalue weighted by Gasteiger charge is -2.23. The first kappa shape index (κ1) is 13.4. The molecule has 0 aliphatic carbocycles. The van der Waals surface area contributed by atoms with E-state index in [1.807, 2.05) is 6.92 Å². The molecular weight excluding hydrogens is 274 g/mol. The highest BCUT2D eigenvalue weighted by atomic mass is 32.2. The van der Waals surface area contributed by atoms with Gasteiger partial charge in [-0.1, -0.05) is 17.7 Å². The van der Waals surface area contributed by atoms with Crippen molar-refractivity contribution in [2.24, 2.45) is 0 Å². The summed E-state index contributed by atoms with van der Waals surface area (Å²) >= 11 is 1.07. The smallest absolute Gasteiger partial charge is 0.244 e. The summed E-state index contributed by atoms with van der Waals surface area (Å²) in [6.45, 7) is 2.05. The SMILES string of the molecule is Cc1ccc(S(=O)(=O)N2CCS[C@@H]2C(=O)[O-])cc1. The zero-order chi connectivity index (χ0) is 13.3. The Kier molecular flexibility index (Phi) is 3.65. The van der Waals surface area contributed by atoms with Crippen LogP contribution in [0.3, 0.4) is 0 Å². The van der Waals surface area contributed by atoms with Gasteiger partial charge in [0.2, 0.25) is 10.0 Å². The van der Waals surface area contributed by atoms with E-state index in [1.165, 1.54) is 12.1 Å². The Hall–Kier alpha value is -1.05. The monoisotopic (exact) mass is 286 g/mol. The van der Waals surface area contributed by atoms with Gasteiger partial charge in [0.05, 0.1) is 10.9 Å². The van der Waals surface area contributed by atoms with Crippen molar-refractivity contribution < 1.29 is 18.3 Å². The van der Waals surface area contributed by atoms with Crippen LogP contribution in [0, 0.1) is 6.92 Å². The van der Waals surface area contributed by atoms with Gasteiger partial charge in [-0.2, -0.15) is 4.31 Å². The fourth-order valence-electron chi connectivity index (χ4n) is 1.73. The van der Waals surface area contributed by atoms with Gasteiger partial charge >= 0.3 is 0 Å². The fraction of sp³-hybridized carbons (Fsp3) is 0.364. The second-order valence-electron chi connectivity index (χ2n) is 3.97. The molecule has 1 heterocycles. The first-order valence-corrected chi connectivity index (χ1v) is 7.83. The number of rotatable bonds is 3. The van der Waals surface area contributed by atoms with Gasteiger partial charge in [0.1, 0.15) is 5.37 Å². The maximum absolute atomic E-state index is 12.3. The normalized spacial score (nSPS) is 21.1. The van der Waals surface area contributed by atoms with Gasteiger partial charge in [0, 0.05) is 12.3 Å². The average molecular weight is 286 g/mol. The number of hydrogen-bond acceptors (Lipinski definition) is 5. The van der Waals surface area contributed by atoms with Gasteiger partial charge in [0.15, 0.2) is 0 Å². The molecule has 0 amide bonds. The molecule has 18 heavy (non-hydrogen) atoms. The molecule has 0 N–H and O–H groups in total. The second-order valence-corrected chi connectivity index (χ2v) is 7.05. The zero-order valence-corrected chi connectivity index (χ0v) is 11.3. The van der Waals surface area contributed by atoms with Crippen LogP contribution < -0.4 is 5.11 Å². The number of thioether (sulfide) groups is 1. The first-order chi connectivity index (χ1) is 8.43. The Morgan fingerprint density at radius 3 is 2.56 bits per heavy atom. The number of sulfonamides is 1. The molecule has 1 aliphatic rings. The Balaban J connectivity index is 2.36. The number of hydrogen-bond donors (Lipinski definition) is 0. The van der Waals surface area contributed by atoms with E-state index >= 15 is 0 Å². The van der Waals surface area contributed by atoms with Crippen molar-refractivity contribution in [2.75, 3.05) is 12.3 Å². The number of carboxylic acids is 1. The Morgan fingerprint density at radius 1 is 1.39 bits per heavy atom. The van der Waals surface area contributed by atoms with Crippen molar-refractivity contribution in [3.05, 3.63) is 29.8 Å². The standard InChI is InChI=1S/C11H13NO4S2/c1-8-2-4-9(5-3-8)18(15,16)12-6-7-17-10(12)11(13)14/h2-5,10H,6-7H2,1H3,(H,13,14)/p-1/t10-/m1/s1. The summed E-state index contributed by atoms with van der Waals surface area (Å²) in [4.78, 5) is 11.0. The van der Waals surface area contributed by atoms with E-state index in [0.717, 1.165) is 21.6 Å². The summed E-state index contributed by atoms with van der Waals surface area (Å²) in [5, 5.41) is 9.78. The van der Waals surface area contributed by atoms with Gasteiger partial charge in [0.25, 0.3) is 0 Å². The molecule has 1 atom stereocenters. The summed E-state index contributed by atoms with van der Waals surface area (Å²) < 4.78 is 25.5. The summed E-state index contributed by atoms with van der Waals surface area (Å²) in [6.07, 6.45) is 0. The van der Waals surface area contributed by atoms with Crippen LogP contribution in [0.1, 0.15) is 5.56 Å². The van der Waals surface area contributed by atoms with E-state index in [9.17, 15) is 18.3 Å². The first-order valence-electron chi connectivity index (χ1n) is 5.34. The molecule has 1 saturated heterocycles. The molecule has 1 fully saturated rings. The van der Waals surface area contributed by atoms with Crippen LogP contribution in [-0.4, -0.2) is 36.4 Å². The van der Waals surface area contributed by atoms with Crippen LogP contribution in [0.25, 0.3) is 0 Å². The molecule has 98 valence electrons. The van der Waals surface area contributed by atoms with Crippen molar-refractivity contribution in [1.29, 1.82) is 0 Å². The number of aliphatic carboxylic acids is 1. The predicted molar refractivity (Wildman–Crippen MR) is 66.3 cm³/mol. The second kappa shape index (κ2) is 4.91. The molecule has 0 aromatic heterocycles. The third kappa shape index (κ3) is 2.38. The number of carbonyl (C=O) groups is 1. The molecule has 1 aliphatic heterocycles. The number of nitrogens with zero attached hydrogens (tertiary/aromatic N) is 1. The van der Waals surface area contributed by atoms with E-state index in [0.29, 0.717) is 5.75 Å². The molecule has 0 radical (unpaired) electrons. The van der Waals surface area contributed by atoms with Crippen molar-refractivity contribution in [3.8, 4) is 0 Å². The Labute approximate surface area is 110 Å². The molecule has 0 unspecified atom stereocenters. The minimum atomic E-state index is -3.76. The molecule has 1 aromatic rings. The molecule has 2 rings (SSSR count). The summed E-state index contributed by atoms with van der Waals surface area (Å²) in [7, 11) is -3.76. The van der Waals surface area contributed by atoms with Crippen molar-refractivity contribution in [3.63, 3.8) is 0 Å². The van der Waals surface area contributed by atoms with Crippen molar-refractivity contribution in [2.45, 2.75) is 17.2 Å². The van der Waals surface area contributed by atoms with Crippen molar-refractivity contribution >= 4 is 27.8 Å². The lowest BCUT2D eigenvalue weighted by molar-refractivity contribution is -0.306. The highest BCUT2D eigenvalue weighted by molar-refractivity contribution is 8.02. The van der Waals surface area contributed by atoms with E-state index in [2.05, 4.69) is 0 Å². The predicted octanol–water partition coefficient (Wildman–Crippen LogP) is -0.191. The molecule has 0 bridgehead atoms. The van der Waals surface area contributed by atoms with Gasteiger partial charge < -0.3 is 9.90 Å². The average Bonchev–Trinajstić information content (AvgIpc) is 2.79. The summed E-state index contributed by atoms with van der Waals surface area (Å²) in [5.41, 5.74) is 0.946. The van der Waals surface area contributed by atoms with Crippen molar-refractivity contribution in [1.82, 2.24) is 4.31 Å². The molecule has 7 heteroatoms. The van der Waals surface area contributed by atoms with Gasteiger partial charge in [-0.15, -0.1) is 11.8 Å². The van der Waals surface area contributed by atoms with E-state index < -0.39 is 21.4 Å². The summed E-state index contributed by atoms with van der Waals surface area (Å²) in [6, 6.07) is 6.34.